The first-order chi connectivity index (χ1) is 6.77. The van der Waals surface area contributed by atoms with Crippen molar-refractivity contribution in [1.29, 1.82) is 0 Å². The smallest absolute Gasteiger partial charge is 0.223 e. The average Bonchev–Trinajstić information content (AvgIpc) is 2.75. The van der Waals surface area contributed by atoms with E-state index >= 15 is 0 Å². The number of ketones is 1. The molecule has 1 saturated heterocycles. The molecule has 1 atom stereocenters. The van der Waals surface area contributed by atoms with Gasteiger partial charge in [-0.15, -0.1) is 0 Å². The lowest BCUT2D eigenvalue weighted by molar-refractivity contribution is -0.129. The van der Waals surface area contributed by atoms with E-state index in [0.29, 0.717) is 30.7 Å². The molecule has 0 aliphatic carbocycles. The van der Waals surface area contributed by atoms with E-state index in [9.17, 15) is 9.59 Å². The molecule has 4 heteroatoms. The van der Waals surface area contributed by atoms with Gasteiger partial charge in [0.05, 0.1) is 24.4 Å². The van der Waals surface area contributed by atoms with Gasteiger partial charge in [-0.25, -0.2) is 0 Å². The fourth-order valence-electron chi connectivity index (χ4n) is 2.22. The van der Waals surface area contributed by atoms with Gasteiger partial charge < -0.3 is 9.32 Å². The summed E-state index contributed by atoms with van der Waals surface area (Å²) in [6.45, 7) is 0.456. The highest BCUT2D eigenvalue weighted by Gasteiger charge is 2.41. The molecule has 0 bridgehead atoms. The zero-order chi connectivity index (χ0) is 9.71. The van der Waals surface area contributed by atoms with Crippen LogP contribution in [0.15, 0.2) is 16.7 Å². The van der Waals surface area contributed by atoms with Crippen LogP contribution in [-0.4, -0.2) is 22.6 Å². The van der Waals surface area contributed by atoms with E-state index in [4.69, 9.17) is 4.42 Å². The highest BCUT2D eigenvalue weighted by Crippen LogP contribution is 2.31. The number of Topliss-reactive ketones (excluding diaryl/α,β-unsaturated/α-hetero) is 1. The van der Waals surface area contributed by atoms with Gasteiger partial charge in [0.25, 0.3) is 0 Å². The van der Waals surface area contributed by atoms with Crippen LogP contribution in [0.2, 0.25) is 0 Å². The van der Waals surface area contributed by atoms with Crippen molar-refractivity contribution in [3.05, 3.63) is 23.7 Å². The topological polar surface area (TPSA) is 50.5 Å². The second kappa shape index (κ2) is 2.47. The Balaban J connectivity index is 2.09. The molecule has 14 heavy (non-hydrogen) atoms. The Morgan fingerprint density at radius 1 is 1.43 bits per heavy atom. The van der Waals surface area contributed by atoms with E-state index in [1.165, 1.54) is 6.26 Å². The fraction of sp³-hybridized carbons (Fsp3) is 0.400. The summed E-state index contributed by atoms with van der Waals surface area (Å²) in [5, 5.41) is 0. The lowest BCUT2D eigenvalue weighted by Gasteiger charge is -2.27. The molecule has 1 aromatic heterocycles. The molecule has 0 saturated carbocycles. The number of hydrogen-bond acceptors (Lipinski definition) is 3. The summed E-state index contributed by atoms with van der Waals surface area (Å²) >= 11 is 0. The second-order valence-electron chi connectivity index (χ2n) is 3.70. The Kier molecular flexibility index (Phi) is 1.37. The molecule has 0 N–H and O–H groups in total. The monoisotopic (exact) mass is 191 g/mol. The number of carbonyl (C=O) groups excluding carboxylic acids is 2. The van der Waals surface area contributed by atoms with Crippen LogP contribution >= 0.6 is 0 Å². The summed E-state index contributed by atoms with van der Waals surface area (Å²) in [6.07, 6.45) is 2.65. The normalized spacial score (nSPS) is 25.1. The van der Waals surface area contributed by atoms with Crippen molar-refractivity contribution >= 4 is 11.7 Å². The maximum absolute atomic E-state index is 11.9. The van der Waals surface area contributed by atoms with Crippen LogP contribution in [0.4, 0.5) is 0 Å². The van der Waals surface area contributed by atoms with E-state index in [1.54, 1.807) is 11.0 Å². The van der Waals surface area contributed by atoms with E-state index in [0.717, 1.165) is 0 Å². The minimum Gasteiger partial charge on any atom is -0.467 e. The molecule has 1 aromatic rings. The third kappa shape index (κ3) is 0.828. The Hall–Kier alpha value is -1.58. The van der Waals surface area contributed by atoms with Gasteiger partial charge in [-0.1, -0.05) is 0 Å². The number of rotatable bonds is 0. The van der Waals surface area contributed by atoms with Crippen LogP contribution in [0, 0.1) is 0 Å². The maximum Gasteiger partial charge on any atom is 0.223 e. The number of hydrogen-bond donors (Lipinski definition) is 0. The standard InChI is InChI=1S/C10H9NO3/c12-9-2-1-7-10(13)6-3-4-14-8(6)5-11(7)9/h3-4,7H,1-2,5H2. The van der Waals surface area contributed by atoms with Gasteiger partial charge in [0.15, 0.2) is 5.78 Å². The fourth-order valence-corrected chi connectivity index (χ4v) is 2.22. The quantitative estimate of drug-likeness (QED) is 0.613. The molecule has 1 amide bonds. The summed E-state index contributed by atoms with van der Waals surface area (Å²) in [7, 11) is 0. The molecule has 2 aliphatic heterocycles. The van der Waals surface area contributed by atoms with Crippen LogP contribution in [0.3, 0.4) is 0 Å². The number of amides is 1. The second-order valence-corrected chi connectivity index (χ2v) is 3.70. The number of nitrogens with zero attached hydrogens (tertiary/aromatic N) is 1. The summed E-state index contributed by atoms with van der Waals surface area (Å²) in [6, 6.07) is 1.46. The summed E-state index contributed by atoms with van der Waals surface area (Å²) in [5.41, 5.74) is 0.654. The summed E-state index contributed by atoms with van der Waals surface area (Å²) < 4.78 is 5.17. The zero-order valence-electron chi connectivity index (χ0n) is 7.53. The molecule has 1 unspecified atom stereocenters. The molecule has 3 heterocycles. The largest absolute Gasteiger partial charge is 0.467 e. The predicted molar refractivity (Wildman–Crippen MR) is 46.6 cm³/mol. The maximum atomic E-state index is 11.9. The molecule has 0 spiro atoms. The van der Waals surface area contributed by atoms with Gasteiger partial charge >= 0.3 is 0 Å². The number of furan rings is 1. The van der Waals surface area contributed by atoms with Crippen molar-refractivity contribution in [2.75, 3.05) is 0 Å². The van der Waals surface area contributed by atoms with Gasteiger partial charge in [-0.05, 0) is 12.5 Å². The Labute approximate surface area is 80.5 Å². The van der Waals surface area contributed by atoms with Gasteiger partial charge in [0, 0.05) is 6.42 Å². The first-order valence-corrected chi connectivity index (χ1v) is 4.67. The van der Waals surface area contributed by atoms with Crippen molar-refractivity contribution in [2.45, 2.75) is 25.4 Å². The zero-order valence-corrected chi connectivity index (χ0v) is 7.53. The molecule has 2 aliphatic rings. The third-order valence-corrected chi connectivity index (χ3v) is 2.96. The van der Waals surface area contributed by atoms with E-state index in [2.05, 4.69) is 0 Å². The molecule has 72 valence electrons. The number of fused-ring (bicyclic) bond motifs is 2. The predicted octanol–water partition coefficient (Wildman–Crippen LogP) is 0.967. The van der Waals surface area contributed by atoms with Crippen molar-refractivity contribution in [1.82, 2.24) is 4.90 Å². The SMILES string of the molecule is O=C1c2ccoc2CN2C(=O)CCC12. The highest BCUT2D eigenvalue weighted by atomic mass is 16.3. The van der Waals surface area contributed by atoms with E-state index in [-0.39, 0.29) is 17.7 Å². The lowest BCUT2D eigenvalue weighted by atomic mass is 9.99. The van der Waals surface area contributed by atoms with Crippen LogP contribution in [0.25, 0.3) is 0 Å². The van der Waals surface area contributed by atoms with Crippen molar-refractivity contribution < 1.29 is 14.0 Å². The van der Waals surface area contributed by atoms with Crippen LogP contribution in [0.5, 0.6) is 0 Å². The van der Waals surface area contributed by atoms with E-state index < -0.39 is 0 Å². The molecule has 0 radical (unpaired) electrons. The van der Waals surface area contributed by atoms with Crippen molar-refractivity contribution in [2.24, 2.45) is 0 Å². The Bertz CT molecular complexity index is 421. The van der Waals surface area contributed by atoms with Crippen LogP contribution < -0.4 is 0 Å². The average molecular weight is 191 g/mol. The van der Waals surface area contributed by atoms with Crippen molar-refractivity contribution in [3.63, 3.8) is 0 Å². The molecule has 1 fully saturated rings. The third-order valence-electron chi connectivity index (χ3n) is 2.96. The van der Waals surface area contributed by atoms with Crippen LogP contribution in [-0.2, 0) is 11.3 Å². The molecule has 4 nitrogen and oxygen atoms in total. The van der Waals surface area contributed by atoms with E-state index in [1.807, 2.05) is 0 Å². The molecule has 3 rings (SSSR count). The van der Waals surface area contributed by atoms with Gasteiger partial charge in [-0.2, -0.15) is 0 Å². The molecular formula is C10H9NO3. The highest BCUT2D eigenvalue weighted by molar-refractivity contribution is 6.05. The van der Waals surface area contributed by atoms with Gasteiger partial charge in [0.2, 0.25) is 5.91 Å². The van der Waals surface area contributed by atoms with Crippen LogP contribution in [0.1, 0.15) is 29.0 Å². The molecule has 0 aromatic carbocycles. The summed E-state index contributed by atoms with van der Waals surface area (Å²) in [4.78, 5) is 24.9. The summed E-state index contributed by atoms with van der Waals surface area (Å²) in [5.74, 6) is 0.720. The van der Waals surface area contributed by atoms with Crippen molar-refractivity contribution in [3.8, 4) is 0 Å². The first-order valence-electron chi connectivity index (χ1n) is 4.67. The van der Waals surface area contributed by atoms with Gasteiger partial charge in [-0.3, -0.25) is 9.59 Å². The minimum atomic E-state index is -0.229. The first kappa shape index (κ1) is 7.79. The lowest BCUT2D eigenvalue weighted by Crippen LogP contribution is -2.41. The van der Waals surface area contributed by atoms with Gasteiger partial charge in [0.1, 0.15) is 5.76 Å². The number of carbonyl (C=O) groups is 2. The Morgan fingerprint density at radius 2 is 2.29 bits per heavy atom. The molecular weight excluding hydrogens is 182 g/mol. The minimum absolute atomic E-state index is 0.0332. The Morgan fingerprint density at radius 3 is 3.14 bits per heavy atom.